The summed E-state index contributed by atoms with van der Waals surface area (Å²) >= 11 is 2.00. The first-order chi connectivity index (χ1) is 9.84. The van der Waals surface area contributed by atoms with Gasteiger partial charge in [0.1, 0.15) is 5.75 Å². The zero-order valence-corrected chi connectivity index (χ0v) is 12.7. The highest BCUT2D eigenvalue weighted by Crippen LogP contribution is 2.27. The molecular formula is C16H23NO2S. The van der Waals surface area contributed by atoms with Gasteiger partial charge in [-0.25, -0.2) is 0 Å². The van der Waals surface area contributed by atoms with Crippen molar-refractivity contribution in [2.24, 2.45) is 0 Å². The number of hydrogen-bond donors (Lipinski definition) is 1. The number of hydrogen-bond acceptors (Lipinski definition) is 3. The summed E-state index contributed by atoms with van der Waals surface area (Å²) in [5, 5.41) is 3.71. The molecule has 0 atom stereocenters. The monoisotopic (exact) mass is 293 g/mol. The molecule has 0 heterocycles. The van der Waals surface area contributed by atoms with Crippen molar-refractivity contribution in [3.05, 3.63) is 30.3 Å². The molecule has 0 spiro atoms. The number of benzene rings is 1. The molecule has 1 aromatic rings. The van der Waals surface area contributed by atoms with Gasteiger partial charge in [-0.05, 0) is 25.0 Å². The quantitative estimate of drug-likeness (QED) is 0.784. The van der Waals surface area contributed by atoms with Crippen LogP contribution in [-0.2, 0) is 4.79 Å². The average Bonchev–Trinajstić information content (AvgIpc) is 2.52. The molecular weight excluding hydrogens is 270 g/mol. The van der Waals surface area contributed by atoms with Crippen LogP contribution in [0.3, 0.4) is 0 Å². The number of rotatable bonds is 7. The molecule has 20 heavy (non-hydrogen) atoms. The molecule has 0 aromatic heterocycles. The summed E-state index contributed by atoms with van der Waals surface area (Å²) in [6, 6.07) is 9.43. The molecule has 110 valence electrons. The van der Waals surface area contributed by atoms with Crippen molar-refractivity contribution in [1.29, 1.82) is 0 Å². The van der Waals surface area contributed by atoms with E-state index in [0.717, 1.165) is 23.3 Å². The van der Waals surface area contributed by atoms with E-state index in [1.54, 1.807) is 0 Å². The fourth-order valence-corrected chi connectivity index (χ4v) is 3.58. The minimum Gasteiger partial charge on any atom is -0.484 e. The van der Waals surface area contributed by atoms with Crippen molar-refractivity contribution in [2.45, 2.75) is 37.4 Å². The highest BCUT2D eigenvalue weighted by atomic mass is 32.2. The van der Waals surface area contributed by atoms with Crippen LogP contribution < -0.4 is 10.1 Å². The predicted octanol–water partition coefficient (Wildman–Crippen LogP) is 3.25. The van der Waals surface area contributed by atoms with Crippen LogP contribution >= 0.6 is 11.8 Å². The SMILES string of the molecule is O=C(COc1ccccc1)NCCSC1CCCCC1. The Morgan fingerprint density at radius 3 is 2.70 bits per heavy atom. The number of nitrogens with one attached hydrogen (secondary N) is 1. The van der Waals surface area contributed by atoms with Crippen LogP contribution in [0.2, 0.25) is 0 Å². The molecule has 1 aromatic carbocycles. The zero-order chi connectivity index (χ0) is 14.0. The third-order valence-electron chi connectivity index (χ3n) is 3.44. The maximum absolute atomic E-state index is 11.6. The van der Waals surface area contributed by atoms with Crippen LogP contribution in [0.5, 0.6) is 5.75 Å². The lowest BCUT2D eigenvalue weighted by Crippen LogP contribution is -2.31. The van der Waals surface area contributed by atoms with Gasteiger partial charge in [-0.2, -0.15) is 11.8 Å². The fraction of sp³-hybridized carbons (Fsp3) is 0.562. The van der Waals surface area contributed by atoms with E-state index in [1.165, 1.54) is 32.1 Å². The first kappa shape index (κ1) is 15.2. The average molecular weight is 293 g/mol. The minimum absolute atomic E-state index is 0.0434. The van der Waals surface area contributed by atoms with Gasteiger partial charge in [0, 0.05) is 17.5 Å². The molecule has 1 aliphatic carbocycles. The number of para-hydroxylation sites is 1. The Hall–Kier alpha value is -1.16. The first-order valence-electron chi connectivity index (χ1n) is 7.41. The van der Waals surface area contributed by atoms with Gasteiger partial charge in [0.2, 0.25) is 0 Å². The van der Waals surface area contributed by atoms with Gasteiger partial charge in [-0.3, -0.25) is 4.79 Å². The van der Waals surface area contributed by atoms with Crippen molar-refractivity contribution >= 4 is 17.7 Å². The van der Waals surface area contributed by atoms with Crippen LogP contribution in [0.15, 0.2) is 30.3 Å². The van der Waals surface area contributed by atoms with Crippen molar-refractivity contribution in [3.63, 3.8) is 0 Å². The fourth-order valence-electron chi connectivity index (χ4n) is 2.36. The molecule has 1 amide bonds. The van der Waals surface area contributed by atoms with Gasteiger partial charge in [0.05, 0.1) is 0 Å². The van der Waals surface area contributed by atoms with Crippen LogP contribution in [-0.4, -0.2) is 30.1 Å². The Balaban J connectivity index is 1.51. The standard InChI is InChI=1S/C16H23NO2S/c18-16(13-19-14-7-3-1-4-8-14)17-11-12-20-15-9-5-2-6-10-15/h1,3-4,7-8,15H,2,5-6,9-13H2,(H,17,18). The third kappa shape index (κ3) is 5.87. The number of thioether (sulfide) groups is 1. The number of carbonyl (C=O) groups is 1. The molecule has 1 N–H and O–H groups in total. The van der Waals surface area contributed by atoms with Crippen LogP contribution in [0.1, 0.15) is 32.1 Å². The number of amides is 1. The summed E-state index contributed by atoms with van der Waals surface area (Å²) in [4.78, 5) is 11.6. The largest absolute Gasteiger partial charge is 0.484 e. The molecule has 0 radical (unpaired) electrons. The van der Waals surface area contributed by atoms with E-state index in [1.807, 2.05) is 42.1 Å². The van der Waals surface area contributed by atoms with Crippen molar-refractivity contribution in [1.82, 2.24) is 5.32 Å². The van der Waals surface area contributed by atoms with Gasteiger partial charge >= 0.3 is 0 Å². The van der Waals surface area contributed by atoms with Gasteiger partial charge in [0.25, 0.3) is 5.91 Å². The lowest BCUT2D eigenvalue weighted by molar-refractivity contribution is -0.122. The summed E-state index contributed by atoms with van der Waals surface area (Å²) in [5.41, 5.74) is 0. The predicted molar refractivity (Wildman–Crippen MR) is 84.3 cm³/mol. The molecule has 0 unspecified atom stereocenters. The number of carbonyl (C=O) groups excluding carboxylic acids is 1. The van der Waals surface area contributed by atoms with Crippen molar-refractivity contribution in [3.8, 4) is 5.75 Å². The topological polar surface area (TPSA) is 38.3 Å². The lowest BCUT2D eigenvalue weighted by atomic mass is 10.0. The van der Waals surface area contributed by atoms with Crippen LogP contribution in [0.25, 0.3) is 0 Å². The summed E-state index contributed by atoms with van der Waals surface area (Å²) in [5.74, 6) is 1.69. The zero-order valence-electron chi connectivity index (χ0n) is 11.8. The second-order valence-corrected chi connectivity index (χ2v) is 6.49. The Kier molecular flexibility index (Phi) is 6.78. The normalized spacial score (nSPS) is 15.8. The van der Waals surface area contributed by atoms with E-state index in [-0.39, 0.29) is 12.5 Å². The Bertz CT molecular complexity index is 391. The minimum atomic E-state index is -0.0434. The molecule has 1 aliphatic rings. The van der Waals surface area contributed by atoms with E-state index in [0.29, 0.717) is 0 Å². The maximum Gasteiger partial charge on any atom is 0.257 e. The first-order valence-corrected chi connectivity index (χ1v) is 8.45. The van der Waals surface area contributed by atoms with Crippen molar-refractivity contribution < 1.29 is 9.53 Å². The Morgan fingerprint density at radius 2 is 1.95 bits per heavy atom. The van der Waals surface area contributed by atoms with E-state index in [2.05, 4.69) is 5.32 Å². The second kappa shape index (κ2) is 8.90. The van der Waals surface area contributed by atoms with Crippen LogP contribution in [0, 0.1) is 0 Å². The maximum atomic E-state index is 11.6. The molecule has 2 rings (SSSR count). The van der Waals surface area contributed by atoms with Crippen LogP contribution in [0.4, 0.5) is 0 Å². The highest BCUT2D eigenvalue weighted by molar-refractivity contribution is 7.99. The molecule has 1 fully saturated rings. The van der Waals surface area contributed by atoms with Crippen molar-refractivity contribution in [2.75, 3.05) is 18.9 Å². The summed E-state index contributed by atoms with van der Waals surface area (Å²) in [7, 11) is 0. The summed E-state index contributed by atoms with van der Waals surface area (Å²) in [6.45, 7) is 0.830. The molecule has 0 aliphatic heterocycles. The number of ether oxygens (including phenoxy) is 1. The Morgan fingerprint density at radius 1 is 1.20 bits per heavy atom. The molecule has 0 saturated heterocycles. The summed E-state index contributed by atoms with van der Waals surface area (Å²) < 4.78 is 5.40. The van der Waals surface area contributed by atoms with Gasteiger partial charge in [0.15, 0.2) is 6.61 Å². The molecule has 3 nitrogen and oxygen atoms in total. The van der Waals surface area contributed by atoms with E-state index < -0.39 is 0 Å². The van der Waals surface area contributed by atoms with Gasteiger partial charge in [-0.1, -0.05) is 37.5 Å². The van der Waals surface area contributed by atoms with E-state index in [9.17, 15) is 4.79 Å². The second-order valence-electron chi connectivity index (χ2n) is 5.08. The van der Waals surface area contributed by atoms with Gasteiger partial charge in [-0.15, -0.1) is 0 Å². The van der Waals surface area contributed by atoms with Gasteiger partial charge < -0.3 is 10.1 Å². The van der Waals surface area contributed by atoms with E-state index >= 15 is 0 Å². The highest BCUT2D eigenvalue weighted by Gasteiger charge is 2.13. The third-order valence-corrected chi connectivity index (χ3v) is 4.83. The Labute approximate surface area is 125 Å². The molecule has 0 bridgehead atoms. The molecule has 1 saturated carbocycles. The lowest BCUT2D eigenvalue weighted by Gasteiger charge is -2.20. The summed E-state index contributed by atoms with van der Waals surface area (Å²) in [6.07, 6.45) is 6.82. The van der Waals surface area contributed by atoms with E-state index in [4.69, 9.17) is 4.74 Å². The molecule has 4 heteroatoms. The smallest absolute Gasteiger partial charge is 0.257 e.